The summed E-state index contributed by atoms with van der Waals surface area (Å²) in [6.07, 6.45) is 2.33. The number of hydrogen-bond donors (Lipinski definition) is 1. The predicted octanol–water partition coefficient (Wildman–Crippen LogP) is 2.65. The van der Waals surface area contributed by atoms with Crippen LogP contribution < -0.4 is 15.0 Å². The highest BCUT2D eigenvalue weighted by Crippen LogP contribution is 2.28. The van der Waals surface area contributed by atoms with Crippen LogP contribution in [0.2, 0.25) is 0 Å². The fraction of sp³-hybridized carbons (Fsp3) is 0.423. The minimum atomic E-state index is -0.312. The Labute approximate surface area is 194 Å². The lowest BCUT2D eigenvalue weighted by Gasteiger charge is -2.33. The van der Waals surface area contributed by atoms with Crippen LogP contribution in [0, 0.1) is 11.8 Å². The number of nitrogens with zero attached hydrogens (tertiary/aromatic N) is 2. The van der Waals surface area contributed by atoms with Gasteiger partial charge in [0.1, 0.15) is 5.75 Å². The summed E-state index contributed by atoms with van der Waals surface area (Å²) in [5, 5.41) is 3.03. The van der Waals surface area contributed by atoms with E-state index in [4.69, 9.17) is 4.74 Å². The number of carbonyl (C=O) groups excluding carboxylic acids is 3. The summed E-state index contributed by atoms with van der Waals surface area (Å²) in [5.41, 5.74) is 1.98. The number of nitrogens with one attached hydrogen (secondary N) is 1. The molecule has 7 nitrogen and oxygen atoms in total. The summed E-state index contributed by atoms with van der Waals surface area (Å²) in [7, 11) is 1.64. The second kappa shape index (κ2) is 10.5. The molecule has 2 heterocycles. The van der Waals surface area contributed by atoms with Crippen LogP contribution >= 0.6 is 0 Å². The smallest absolute Gasteiger partial charge is 0.228 e. The van der Waals surface area contributed by atoms with E-state index in [1.165, 1.54) is 0 Å². The highest BCUT2D eigenvalue weighted by atomic mass is 16.5. The van der Waals surface area contributed by atoms with E-state index in [1.807, 2.05) is 59.5 Å². The fourth-order valence-corrected chi connectivity index (χ4v) is 4.62. The van der Waals surface area contributed by atoms with Crippen molar-refractivity contribution in [2.24, 2.45) is 11.8 Å². The Morgan fingerprint density at radius 3 is 2.36 bits per heavy atom. The lowest BCUT2D eigenvalue weighted by Crippen LogP contribution is -2.45. The second-order valence-electron chi connectivity index (χ2n) is 8.73. The van der Waals surface area contributed by atoms with E-state index in [1.54, 1.807) is 12.0 Å². The molecule has 4 rings (SSSR count). The molecular weight excluding hydrogens is 418 g/mol. The van der Waals surface area contributed by atoms with Gasteiger partial charge in [-0.05, 0) is 49.1 Å². The molecule has 0 bridgehead atoms. The van der Waals surface area contributed by atoms with Gasteiger partial charge in [0.2, 0.25) is 17.7 Å². The number of para-hydroxylation sites is 1. The monoisotopic (exact) mass is 449 g/mol. The van der Waals surface area contributed by atoms with E-state index < -0.39 is 0 Å². The number of anilines is 1. The Bertz CT molecular complexity index is 969. The average molecular weight is 450 g/mol. The molecule has 33 heavy (non-hydrogen) atoms. The Morgan fingerprint density at radius 1 is 1.00 bits per heavy atom. The van der Waals surface area contributed by atoms with Crippen molar-refractivity contribution in [1.29, 1.82) is 0 Å². The topological polar surface area (TPSA) is 79.0 Å². The van der Waals surface area contributed by atoms with Crippen molar-refractivity contribution in [2.45, 2.75) is 25.7 Å². The Kier molecular flexibility index (Phi) is 7.27. The molecular formula is C26H31N3O4. The van der Waals surface area contributed by atoms with Gasteiger partial charge in [0.05, 0.1) is 13.0 Å². The maximum absolute atomic E-state index is 13.0. The van der Waals surface area contributed by atoms with Crippen LogP contribution in [0.15, 0.2) is 54.6 Å². The number of ether oxygens (including phenoxy) is 1. The summed E-state index contributed by atoms with van der Waals surface area (Å²) in [6.45, 7) is 2.13. The molecule has 0 radical (unpaired) electrons. The highest BCUT2D eigenvalue weighted by Gasteiger charge is 2.38. The summed E-state index contributed by atoms with van der Waals surface area (Å²) in [5.74, 6) is 0.509. The van der Waals surface area contributed by atoms with E-state index in [0.29, 0.717) is 39.0 Å². The van der Waals surface area contributed by atoms with Crippen LogP contribution in [0.25, 0.3) is 0 Å². The van der Waals surface area contributed by atoms with Gasteiger partial charge >= 0.3 is 0 Å². The quantitative estimate of drug-likeness (QED) is 0.705. The first-order valence-corrected chi connectivity index (χ1v) is 11.6. The van der Waals surface area contributed by atoms with Crippen LogP contribution in [0.5, 0.6) is 5.75 Å². The zero-order chi connectivity index (χ0) is 23.2. The minimum Gasteiger partial charge on any atom is -0.497 e. The summed E-state index contributed by atoms with van der Waals surface area (Å²) in [4.78, 5) is 41.6. The molecule has 0 aromatic heterocycles. The molecule has 0 spiro atoms. The van der Waals surface area contributed by atoms with Gasteiger partial charge in [-0.2, -0.15) is 0 Å². The van der Waals surface area contributed by atoms with E-state index in [-0.39, 0.29) is 36.0 Å². The third-order valence-electron chi connectivity index (χ3n) is 6.59. The van der Waals surface area contributed by atoms with Gasteiger partial charge in [-0.25, -0.2) is 0 Å². The van der Waals surface area contributed by atoms with Crippen molar-refractivity contribution < 1.29 is 19.1 Å². The van der Waals surface area contributed by atoms with Crippen molar-refractivity contribution in [3.63, 3.8) is 0 Å². The number of rotatable bonds is 7. The second-order valence-corrected chi connectivity index (χ2v) is 8.73. The molecule has 1 atom stereocenters. The SMILES string of the molecule is COc1ccc(CCNC(=O)C2CCN(C(=O)[C@@H]3CC(=O)N(c4ccccc4)C3)CC2)cc1. The first-order valence-electron chi connectivity index (χ1n) is 11.6. The summed E-state index contributed by atoms with van der Waals surface area (Å²) in [6, 6.07) is 17.3. The van der Waals surface area contributed by atoms with Gasteiger partial charge < -0.3 is 19.9 Å². The minimum absolute atomic E-state index is 0.00864. The molecule has 2 aromatic rings. The summed E-state index contributed by atoms with van der Waals surface area (Å²) >= 11 is 0. The molecule has 0 aliphatic carbocycles. The Hall–Kier alpha value is -3.35. The maximum atomic E-state index is 13.0. The van der Waals surface area contributed by atoms with Crippen LogP contribution in [0.3, 0.4) is 0 Å². The molecule has 0 unspecified atom stereocenters. The molecule has 1 N–H and O–H groups in total. The number of carbonyl (C=O) groups is 3. The summed E-state index contributed by atoms with van der Waals surface area (Å²) < 4.78 is 5.16. The Balaban J connectivity index is 1.21. The van der Waals surface area contributed by atoms with Crippen molar-refractivity contribution in [3.05, 3.63) is 60.2 Å². The van der Waals surface area contributed by atoms with Crippen LogP contribution in [-0.4, -0.2) is 55.9 Å². The van der Waals surface area contributed by atoms with Gasteiger partial charge in [0, 0.05) is 44.2 Å². The number of methoxy groups -OCH3 is 1. The highest BCUT2D eigenvalue weighted by molar-refractivity contribution is 6.00. The number of hydrogen-bond acceptors (Lipinski definition) is 4. The first-order chi connectivity index (χ1) is 16.0. The molecule has 2 fully saturated rings. The first kappa shape index (κ1) is 22.8. The molecule has 2 aliphatic heterocycles. The van der Waals surface area contributed by atoms with Gasteiger partial charge in [-0.3, -0.25) is 14.4 Å². The molecule has 3 amide bonds. The molecule has 2 aliphatic rings. The van der Waals surface area contributed by atoms with Crippen molar-refractivity contribution in [2.75, 3.05) is 38.2 Å². The van der Waals surface area contributed by atoms with Crippen LogP contribution in [-0.2, 0) is 20.8 Å². The van der Waals surface area contributed by atoms with E-state index >= 15 is 0 Å². The lowest BCUT2D eigenvalue weighted by molar-refractivity contribution is -0.139. The van der Waals surface area contributed by atoms with Gasteiger partial charge in [0.25, 0.3) is 0 Å². The largest absolute Gasteiger partial charge is 0.497 e. The lowest BCUT2D eigenvalue weighted by atomic mass is 9.94. The standard InChI is InChI=1S/C26H31N3O4/c1-33-23-9-7-19(8-10-23)11-14-27-25(31)20-12-15-28(16-13-20)26(32)21-17-24(30)29(18-21)22-5-3-2-4-6-22/h2-10,20-21H,11-18H2,1H3,(H,27,31)/t21-/m1/s1. The van der Waals surface area contributed by atoms with Crippen LogP contribution in [0.4, 0.5) is 5.69 Å². The van der Waals surface area contributed by atoms with Crippen molar-refractivity contribution in [1.82, 2.24) is 10.2 Å². The van der Waals surface area contributed by atoms with E-state index in [0.717, 1.165) is 23.4 Å². The number of benzene rings is 2. The third kappa shape index (κ3) is 5.53. The Morgan fingerprint density at radius 2 is 1.70 bits per heavy atom. The van der Waals surface area contributed by atoms with Gasteiger partial charge in [-0.1, -0.05) is 30.3 Å². The molecule has 2 saturated heterocycles. The van der Waals surface area contributed by atoms with Crippen molar-refractivity contribution >= 4 is 23.4 Å². The number of piperidine rings is 1. The fourth-order valence-electron chi connectivity index (χ4n) is 4.62. The third-order valence-corrected chi connectivity index (χ3v) is 6.59. The molecule has 7 heteroatoms. The molecule has 2 aromatic carbocycles. The number of amides is 3. The molecule has 174 valence electrons. The normalized spacial score (nSPS) is 18.9. The molecule has 0 saturated carbocycles. The van der Waals surface area contributed by atoms with E-state index in [2.05, 4.69) is 5.32 Å². The zero-order valence-corrected chi connectivity index (χ0v) is 19.0. The predicted molar refractivity (Wildman–Crippen MR) is 126 cm³/mol. The van der Waals surface area contributed by atoms with E-state index in [9.17, 15) is 14.4 Å². The maximum Gasteiger partial charge on any atom is 0.228 e. The zero-order valence-electron chi connectivity index (χ0n) is 19.0. The van der Waals surface area contributed by atoms with Gasteiger partial charge in [0.15, 0.2) is 0 Å². The van der Waals surface area contributed by atoms with Gasteiger partial charge in [-0.15, -0.1) is 0 Å². The van der Waals surface area contributed by atoms with Crippen LogP contribution in [0.1, 0.15) is 24.8 Å². The van der Waals surface area contributed by atoms with Crippen molar-refractivity contribution in [3.8, 4) is 5.75 Å². The average Bonchev–Trinajstić information content (AvgIpc) is 3.26. The number of likely N-dealkylation sites (tertiary alicyclic amines) is 1.